The van der Waals surface area contributed by atoms with Crippen LogP contribution in [0.1, 0.15) is 18.5 Å². The van der Waals surface area contributed by atoms with Crippen LogP contribution in [0.2, 0.25) is 0 Å². The van der Waals surface area contributed by atoms with Crippen molar-refractivity contribution in [3.63, 3.8) is 0 Å². The first-order valence-corrected chi connectivity index (χ1v) is 7.23. The van der Waals surface area contributed by atoms with Gasteiger partial charge in [0.25, 0.3) is 5.78 Å². The molecule has 1 aliphatic rings. The third kappa shape index (κ3) is 2.14. The van der Waals surface area contributed by atoms with Crippen molar-refractivity contribution in [2.75, 3.05) is 11.4 Å². The standard InChI is InChI=1S/C14H17N7/c1-11-8-13(21-14(18-11)15-10-17-21)20-7-2-4-12(20)9-19-6-3-5-16-19/h3,5-6,8,10,12H,2,4,7,9H2,1H3. The monoisotopic (exact) mass is 283 g/mol. The molecule has 0 aromatic carbocycles. The topological polar surface area (TPSA) is 64.1 Å². The molecule has 0 bridgehead atoms. The fraction of sp³-hybridized carbons (Fsp3) is 0.429. The van der Waals surface area contributed by atoms with Gasteiger partial charge in [-0.25, -0.2) is 4.98 Å². The van der Waals surface area contributed by atoms with Crippen molar-refractivity contribution in [1.29, 1.82) is 0 Å². The molecule has 1 atom stereocenters. The zero-order valence-electron chi connectivity index (χ0n) is 11.9. The van der Waals surface area contributed by atoms with Crippen molar-refractivity contribution in [2.45, 2.75) is 32.4 Å². The van der Waals surface area contributed by atoms with Crippen LogP contribution in [0.3, 0.4) is 0 Å². The molecule has 0 N–H and O–H groups in total. The predicted molar refractivity (Wildman–Crippen MR) is 78.1 cm³/mol. The van der Waals surface area contributed by atoms with Gasteiger partial charge in [-0.2, -0.15) is 19.7 Å². The highest BCUT2D eigenvalue weighted by Gasteiger charge is 2.27. The second-order valence-corrected chi connectivity index (χ2v) is 5.45. The lowest BCUT2D eigenvalue weighted by molar-refractivity contribution is 0.505. The first-order valence-electron chi connectivity index (χ1n) is 7.23. The molecule has 1 fully saturated rings. The smallest absolute Gasteiger partial charge is 0.254 e. The fourth-order valence-electron chi connectivity index (χ4n) is 3.07. The Bertz CT molecular complexity index is 746. The zero-order chi connectivity index (χ0) is 14.2. The van der Waals surface area contributed by atoms with E-state index in [9.17, 15) is 0 Å². The van der Waals surface area contributed by atoms with Gasteiger partial charge in [-0.05, 0) is 25.8 Å². The van der Waals surface area contributed by atoms with Gasteiger partial charge in [0.1, 0.15) is 12.1 Å². The van der Waals surface area contributed by atoms with Crippen LogP contribution < -0.4 is 4.90 Å². The third-order valence-corrected chi connectivity index (χ3v) is 3.99. The van der Waals surface area contributed by atoms with E-state index >= 15 is 0 Å². The molecule has 1 aliphatic heterocycles. The number of aromatic nitrogens is 6. The zero-order valence-corrected chi connectivity index (χ0v) is 11.9. The maximum atomic E-state index is 4.41. The maximum absolute atomic E-state index is 4.41. The van der Waals surface area contributed by atoms with Crippen LogP contribution in [0.5, 0.6) is 0 Å². The first-order chi connectivity index (χ1) is 10.3. The second-order valence-electron chi connectivity index (χ2n) is 5.45. The summed E-state index contributed by atoms with van der Waals surface area (Å²) in [6, 6.07) is 4.48. The summed E-state index contributed by atoms with van der Waals surface area (Å²) in [5.41, 5.74) is 0.968. The van der Waals surface area contributed by atoms with Crippen molar-refractivity contribution in [3.8, 4) is 0 Å². The molecule has 7 nitrogen and oxygen atoms in total. The Hall–Kier alpha value is -2.44. The van der Waals surface area contributed by atoms with E-state index in [0.29, 0.717) is 11.8 Å². The van der Waals surface area contributed by atoms with Gasteiger partial charge in [-0.3, -0.25) is 4.68 Å². The summed E-state index contributed by atoms with van der Waals surface area (Å²) in [7, 11) is 0. The molecule has 0 aliphatic carbocycles. The maximum Gasteiger partial charge on any atom is 0.254 e. The summed E-state index contributed by atoms with van der Waals surface area (Å²) in [5.74, 6) is 1.74. The van der Waals surface area contributed by atoms with E-state index in [2.05, 4.69) is 31.1 Å². The van der Waals surface area contributed by atoms with Crippen molar-refractivity contribution >= 4 is 11.6 Å². The largest absolute Gasteiger partial charge is 0.352 e. The molecule has 108 valence electrons. The summed E-state index contributed by atoms with van der Waals surface area (Å²) in [5, 5.41) is 8.64. The number of hydrogen-bond acceptors (Lipinski definition) is 5. The molecule has 4 rings (SSSR count). The average molecular weight is 283 g/mol. The van der Waals surface area contributed by atoms with Gasteiger partial charge in [-0.1, -0.05) is 0 Å². The molecule has 7 heteroatoms. The summed E-state index contributed by atoms with van der Waals surface area (Å²) in [6.07, 6.45) is 7.75. The van der Waals surface area contributed by atoms with Crippen LogP contribution >= 0.6 is 0 Å². The van der Waals surface area contributed by atoms with Gasteiger partial charge in [0.15, 0.2) is 0 Å². The van der Waals surface area contributed by atoms with Crippen molar-refractivity contribution in [1.82, 2.24) is 29.4 Å². The summed E-state index contributed by atoms with van der Waals surface area (Å²) in [4.78, 5) is 11.0. The Morgan fingerprint density at radius 1 is 1.33 bits per heavy atom. The Labute approximate surface area is 122 Å². The van der Waals surface area contributed by atoms with E-state index in [4.69, 9.17) is 0 Å². The highest BCUT2D eigenvalue weighted by molar-refractivity contribution is 5.48. The molecule has 0 spiro atoms. The molecule has 3 aromatic heterocycles. The summed E-state index contributed by atoms with van der Waals surface area (Å²) >= 11 is 0. The van der Waals surface area contributed by atoms with Gasteiger partial charge in [0.05, 0.1) is 12.6 Å². The van der Waals surface area contributed by atoms with E-state index in [1.807, 2.05) is 34.6 Å². The van der Waals surface area contributed by atoms with E-state index in [0.717, 1.165) is 31.0 Å². The first kappa shape index (κ1) is 12.3. The molecule has 4 heterocycles. The van der Waals surface area contributed by atoms with Gasteiger partial charge in [0.2, 0.25) is 0 Å². The molecule has 0 amide bonds. The molecule has 1 saturated heterocycles. The molecule has 3 aromatic rings. The minimum absolute atomic E-state index is 0.430. The van der Waals surface area contributed by atoms with Crippen LogP contribution in [0.15, 0.2) is 30.9 Å². The summed E-state index contributed by atoms with van der Waals surface area (Å²) in [6.45, 7) is 3.92. The lowest BCUT2D eigenvalue weighted by Gasteiger charge is -2.27. The molecule has 21 heavy (non-hydrogen) atoms. The molecular formula is C14H17N7. The second kappa shape index (κ2) is 4.83. The quantitative estimate of drug-likeness (QED) is 0.725. The normalized spacial score (nSPS) is 18.7. The number of aryl methyl sites for hydroxylation is 1. The third-order valence-electron chi connectivity index (χ3n) is 3.99. The Morgan fingerprint density at radius 3 is 3.14 bits per heavy atom. The van der Waals surface area contributed by atoms with Crippen LogP contribution in [0.25, 0.3) is 5.78 Å². The average Bonchev–Trinajstić information content (AvgIpc) is 3.18. The lowest BCUT2D eigenvalue weighted by atomic mass is 10.2. The Kier molecular flexibility index (Phi) is 2.83. The molecule has 0 radical (unpaired) electrons. The van der Waals surface area contributed by atoms with Crippen LogP contribution in [-0.2, 0) is 6.54 Å². The number of fused-ring (bicyclic) bond motifs is 1. The van der Waals surface area contributed by atoms with Gasteiger partial charge >= 0.3 is 0 Å². The van der Waals surface area contributed by atoms with E-state index < -0.39 is 0 Å². The van der Waals surface area contributed by atoms with Crippen molar-refractivity contribution in [3.05, 3.63) is 36.5 Å². The predicted octanol–water partition coefficient (Wildman–Crippen LogP) is 1.30. The van der Waals surface area contributed by atoms with Crippen LogP contribution in [-0.4, -0.2) is 41.9 Å². The minimum atomic E-state index is 0.430. The van der Waals surface area contributed by atoms with E-state index in [1.54, 1.807) is 6.33 Å². The fourth-order valence-corrected chi connectivity index (χ4v) is 3.07. The van der Waals surface area contributed by atoms with Crippen molar-refractivity contribution < 1.29 is 0 Å². The highest BCUT2D eigenvalue weighted by atomic mass is 15.4. The molecule has 0 saturated carbocycles. The van der Waals surface area contributed by atoms with Crippen molar-refractivity contribution in [2.24, 2.45) is 0 Å². The van der Waals surface area contributed by atoms with Crippen LogP contribution in [0, 0.1) is 6.92 Å². The highest BCUT2D eigenvalue weighted by Crippen LogP contribution is 2.26. The minimum Gasteiger partial charge on any atom is -0.352 e. The molecule has 1 unspecified atom stereocenters. The Morgan fingerprint density at radius 2 is 2.29 bits per heavy atom. The number of nitrogens with zero attached hydrogens (tertiary/aromatic N) is 7. The molecular weight excluding hydrogens is 266 g/mol. The lowest BCUT2D eigenvalue weighted by Crippen LogP contribution is -2.34. The van der Waals surface area contributed by atoms with E-state index in [-0.39, 0.29) is 0 Å². The van der Waals surface area contributed by atoms with E-state index in [1.165, 1.54) is 6.42 Å². The van der Waals surface area contributed by atoms with Gasteiger partial charge in [-0.15, -0.1) is 0 Å². The number of rotatable bonds is 3. The van der Waals surface area contributed by atoms with Gasteiger partial charge < -0.3 is 4.90 Å². The van der Waals surface area contributed by atoms with Gasteiger partial charge in [0, 0.05) is 30.7 Å². The van der Waals surface area contributed by atoms with Crippen LogP contribution in [0.4, 0.5) is 5.82 Å². The SMILES string of the molecule is Cc1cc(N2CCCC2Cn2cccn2)n2ncnc2n1. The number of anilines is 1. The summed E-state index contributed by atoms with van der Waals surface area (Å²) < 4.78 is 3.82. The Balaban J connectivity index is 1.71. The number of hydrogen-bond donors (Lipinski definition) is 0.